The van der Waals surface area contributed by atoms with E-state index in [1.165, 1.54) is 11.3 Å². The van der Waals surface area contributed by atoms with Crippen molar-refractivity contribution in [2.45, 2.75) is 39.0 Å². The molecule has 0 aromatic carbocycles. The summed E-state index contributed by atoms with van der Waals surface area (Å²) >= 11 is 0. The Morgan fingerprint density at radius 3 is 2.65 bits per heavy atom. The molecule has 6 nitrogen and oxygen atoms in total. The van der Waals surface area contributed by atoms with E-state index in [4.69, 9.17) is 5.73 Å². The number of rotatable bonds is 3. The molecule has 0 aromatic rings. The summed E-state index contributed by atoms with van der Waals surface area (Å²) in [7, 11) is 0. The van der Waals surface area contributed by atoms with Crippen LogP contribution in [0.3, 0.4) is 0 Å². The van der Waals surface area contributed by atoms with E-state index in [1.54, 1.807) is 0 Å². The molecule has 1 atom stereocenters. The van der Waals surface area contributed by atoms with Gasteiger partial charge in [0.15, 0.2) is 5.96 Å². The number of carbonyl (C=O) groups excluding carboxylic acids is 2. The third-order valence-electron chi connectivity index (χ3n) is 3.96. The van der Waals surface area contributed by atoms with Gasteiger partial charge < -0.3 is 10.6 Å². The van der Waals surface area contributed by atoms with Gasteiger partial charge in [-0.1, -0.05) is 6.92 Å². The summed E-state index contributed by atoms with van der Waals surface area (Å²) in [6.45, 7) is 4.85. The van der Waals surface area contributed by atoms with E-state index in [2.05, 4.69) is 16.8 Å². The lowest BCUT2D eigenvalue weighted by atomic mass is 10.0. The van der Waals surface area contributed by atoms with Gasteiger partial charge in [-0.15, -0.1) is 0 Å². The van der Waals surface area contributed by atoms with Crippen LogP contribution in [0.15, 0.2) is 4.99 Å². The minimum atomic E-state index is -0.0818. The van der Waals surface area contributed by atoms with Gasteiger partial charge in [0.25, 0.3) is 0 Å². The molecule has 0 radical (unpaired) electrons. The molecular formula is C14H24N4O2. The number of imide groups is 1. The maximum absolute atomic E-state index is 11.6. The quantitative estimate of drug-likeness (QED) is 0.466. The van der Waals surface area contributed by atoms with E-state index >= 15 is 0 Å². The minimum Gasteiger partial charge on any atom is -0.370 e. The Morgan fingerprint density at radius 1 is 1.30 bits per heavy atom. The van der Waals surface area contributed by atoms with Crippen LogP contribution in [0.25, 0.3) is 0 Å². The van der Waals surface area contributed by atoms with E-state index in [0.29, 0.717) is 44.2 Å². The maximum Gasteiger partial charge on any atom is 0.229 e. The number of nitrogens with two attached hydrogens (primary N) is 1. The average Bonchev–Trinajstić information content (AvgIpc) is 2.42. The van der Waals surface area contributed by atoms with Crippen molar-refractivity contribution in [3.8, 4) is 0 Å². The van der Waals surface area contributed by atoms with Crippen LogP contribution in [0.2, 0.25) is 0 Å². The summed E-state index contributed by atoms with van der Waals surface area (Å²) in [5.41, 5.74) is 5.98. The van der Waals surface area contributed by atoms with Crippen LogP contribution in [0, 0.1) is 5.92 Å². The summed E-state index contributed by atoms with van der Waals surface area (Å²) in [6, 6.07) is 0. The van der Waals surface area contributed by atoms with Crippen LogP contribution in [-0.2, 0) is 9.59 Å². The van der Waals surface area contributed by atoms with E-state index < -0.39 is 0 Å². The Hall–Kier alpha value is -1.59. The normalized spacial score (nSPS) is 25.2. The average molecular weight is 280 g/mol. The summed E-state index contributed by atoms with van der Waals surface area (Å²) < 4.78 is 0. The van der Waals surface area contributed by atoms with Gasteiger partial charge >= 0.3 is 0 Å². The van der Waals surface area contributed by atoms with Gasteiger partial charge in [0.2, 0.25) is 11.8 Å². The first-order valence-corrected chi connectivity index (χ1v) is 7.46. The molecule has 0 saturated carbocycles. The highest BCUT2D eigenvalue weighted by Crippen LogP contribution is 2.15. The molecule has 0 aliphatic carbocycles. The van der Waals surface area contributed by atoms with Gasteiger partial charge in [0.1, 0.15) is 0 Å². The Kier molecular flexibility index (Phi) is 4.98. The summed E-state index contributed by atoms with van der Waals surface area (Å²) in [5.74, 6) is 1.01. The fraction of sp³-hybridized carbons (Fsp3) is 0.786. The first kappa shape index (κ1) is 14.8. The van der Waals surface area contributed by atoms with Crippen molar-refractivity contribution < 1.29 is 9.59 Å². The second-order valence-electron chi connectivity index (χ2n) is 5.73. The third kappa shape index (κ3) is 3.71. The smallest absolute Gasteiger partial charge is 0.229 e. The topological polar surface area (TPSA) is 79.0 Å². The largest absolute Gasteiger partial charge is 0.370 e. The Morgan fingerprint density at radius 2 is 2.00 bits per heavy atom. The molecule has 20 heavy (non-hydrogen) atoms. The van der Waals surface area contributed by atoms with Crippen LogP contribution < -0.4 is 5.73 Å². The first-order chi connectivity index (χ1) is 9.58. The second kappa shape index (κ2) is 6.72. The Balaban J connectivity index is 1.82. The number of likely N-dealkylation sites (tertiary alicyclic amines) is 2. The predicted octanol–water partition coefficient (Wildman–Crippen LogP) is 0.572. The lowest BCUT2D eigenvalue weighted by molar-refractivity contribution is -0.147. The fourth-order valence-corrected chi connectivity index (χ4v) is 2.81. The lowest BCUT2D eigenvalue weighted by Gasteiger charge is -2.31. The summed E-state index contributed by atoms with van der Waals surface area (Å²) in [4.78, 5) is 31.0. The van der Waals surface area contributed by atoms with Crippen LogP contribution >= 0.6 is 0 Å². The molecule has 2 N–H and O–H groups in total. The molecule has 2 amide bonds. The number of hydrogen-bond acceptors (Lipinski definition) is 3. The zero-order valence-electron chi connectivity index (χ0n) is 12.2. The molecule has 112 valence electrons. The zero-order chi connectivity index (χ0) is 14.5. The first-order valence-electron chi connectivity index (χ1n) is 7.46. The molecule has 1 unspecified atom stereocenters. The number of hydrogen-bond donors (Lipinski definition) is 1. The number of piperidine rings is 2. The second-order valence-corrected chi connectivity index (χ2v) is 5.73. The molecular weight excluding hydrogens is 256 g/mol. The van der Waals surface area contributed by atoms with Crippen molar-refractivity contribution >= 4 is 17.8 Å². The fourth-order valence-electron chi connectivity index (χ4n) is 2.81. The molecule has 6 heteroatoms. The van der Waals surface area contributed by atoms with E-state index in [0.717, 1.165) is 19.5 Å². The van der Waals surface area contributed by atoms with E-state index in [-0.39, 0.29) is 11.8 Å². The summed E-state index contributed by atoms with van der Waals surface area (Å²) in [6.07, 6.45) is 3.98. The maximum atomic E-state index is 11.6. The molecule has 0 bridgehead atoms. The van der Waals surface area contributed by atoms with E-state index in [9.17, 15) is 9.59 Å². The van der Waals surface area contributed by atoms with E-state index in [1.807, 2.05) is 0 Å². The van der Waals surface area contributed by atoms with Crippen molar-refractivity contribution in [1.29, 1.82) is 0 Å². The lowest BCUT2D eigenvalue weighted by Crippen LogP contribution is -2.44. The number of amides is 2. The highest BCUT2D eigenvalue weighted by molar-refractivity contribution is 5.97. The van der Waals surface area contributed by atoms with Crippen LogP contribution in [0.4, 0.5) is 0 Å². The Labute approximate surface area is 120 Å². The third-order valence-corrected chi connectivity index (χ3v) is 3.96. The van der Waals surface area contributed by atoms with Crippen molar-refractivity contribution in [3.63, 3.8) is 0 Å². The highest BCUT2D eigenvalue weighted by atomic mass is 16.2. The van der Waals surface area contributed by atoms with Crippen LogP contribution in [0.5, 0.6) is 0 Å². The summed E-state index contributed by atoms with van der Waals surface area (Å²) in [5, 5.41) is 0. The van der Waals surface area contributed by atoms with Crippen molar-refractivity contribution in [3.05, 3.63) is 0 Å². The Bertz CT molecular complexity index is 392. The van der Waals surface area contributed by atoms with Gasteiger partial charge in [-0.3, -0.25) is 19.5 Å². The SMILES string of the molecule is CC1CCCN(C(N)=NCCN2C(=O)CCCC2=O)C1. The monoisotopic (exact) mass is 280 g/mol. The molecule has 2 saturated heterocycles. The van der Waals surface area contributed by atoms with Crippen molar-refractivity contribution in [1.82, 2.24) is 9.80 Å². The molecule has 2 aliphatic rings. The van der Waals surface area contributed by atoms with Gasteiger partial charge in [0.05, 0.1) is 6.54 Å². The molecule has 0 spiro atoms. The highest BCUT2D eigenvalue weighted by Gasteiger charge is 2.25. The predicted molar refractivity (Wildman–Crippen MR) is 77.0 cm³/mol. The molecule has 0 aromatic heterocycles. The number of aliphatic imine (C=N–C) groups is 1. The molecule has 2 aliphatic heterocycles. The minimum absolute atomic E-state index is 0.0818. The van der Waals surface area contributed by atoms with Crippen LogP contribution in [0.1, 0.15) is 39.0 Å². The van der Waals surface area contributed by atoms with Gasteiger partial charge in [0, 0.05) is 32.5 Å². The van der Waals surface area contributed by atoms with Crippen LogP contribution in [-0.4, -0.2) is 53.8 Å². The molecule has 2 fully saturated rings. The molecule has 2 rings (SSSR count). The van der Waals surface area contributed by atoms with Gasteiger partial charge in [-0.25, -0.2) is 0 Å². The van der Waals surface area contributed by atoms with Crippen molar-refractivity contribution in [2.24, 2.45) is 16.6 Å². The number of guanidine groups is 1. The number of carbonyl (C=O) groups is 2. The zero-order valence-corrected chi connectivity index (χ0v) is 12.2. The number of nitrogens with zero attached hydrogens (tertiary/aromatic N) is 3. The van der Waals surface area contributed by atoms with Gasteiger partial charge in [-0.05, 0) is 25.2 Å². The molecule has 2 heterocycles. The standard InChI is InChI=1S/C14H24N4O2/c1-11-4-3-8-17(10-11)14(15)16-7-9-18-12(19)5-2-6-13(18)20/h11H,2-10H2,1H3,(H2,15,16). The van der Waals surface area contributed by atoms with Gasteiger partial charge in [-0.2, -0.15) is 0 Å². The van der Waals surface area contributed by atoms with Crippen molar-refractivity contribution in [2.75, 3.05) is 26.2 Å².